The Hall–Kier alpha value is -1.20. The van der Waals surface area contributed by atoms with Gasteiger partial charge in [0.1, 0.15) is 0 Å². The van der Waals surface area contributed by atoms with Gasteiger partial charge in [-0.2, -0.15) is 5.10 Å². The lowest BCUT2D eigenvalue weighted by Gasteiger charge is -2.02. The van der Waals surface area contributed by atoms with Crippen LogP contribution in [-0.2, 0) is 7.05 Å². The van der Waals surface area contributed by atoms with Crippen molar-refractivity contribution in [2.24, 2.45) is 7.05 Å². The van der Waals surface area contributed by atoms with Crippen molar-refractivity contribution in [3.05, 3.63) is 28.0 Å². The number of hydrogen-bond donors (Lipinski definition) is 0. The second-order valence-corrected chi connectivity index (χ2v) is 3.93. The third kappa shape index (κ3) is 1.76. The van der Waals surface area contributed by atoms with Crippen LogP contribution in [0.4, 0.5) is 4.39 Å². The molecule has 2 aromatic rings. The van der Waals surface area contributed by atoms with Crippen molar-refractivity contribution in [2.75, 3.05) is 0 Å². The van der Waals surface area contributed by atoms with Gasteiger partial charge in [0.2, 0.25) is 0 Å². The molecule has 0 radical (unpaired) electrons. The van der Waals surface area contributed by atoms with Crippen LogP contribution in [0.1, 0.15) is 5.69 Å². The summed E-state index contributed by atoms with van der Waals surface area (Å²) in [5.74, 6) is -0.546. The van der Waals surface area contributed by atoms with Crippen molar-refractivity contribution in [1.29, 1.82) is 0 Å². The third-order valence-electron chi connectivity index (χ3n) is 2.25. The van der Waals surface area contributed by atoms with Crippen LogP contribution in [-0.4, -0.2) is 19.7 Å². The summed E-state index contributed by atoms with van der Waals surface area (Å²) < 4.78 is 14.8. The van der Waals surface area contributed by atoms with Crippen LogP contribution in [0.5, 0.6) is 0 Å². The molecule has 0 unspecified atom stereocenters. The number of aryl methyl sites for hydroxylation is 1. The van der Waals surface area contributed by atoms with Crippen molar-refractivity contribution in [2.45, 2.75) is 6.92 Å². The zero-order valence-electron chi connectivity index (χ0n) is 8.50. The lowest BCUT2D eigenvalue weighted by atomic mass is 10.2. The number of rotatable bonds is 1. The van der Waals surface area contributed by atoms with Crippen LogP contribution in [0, 0.1) is 12.7 Å². The van der Waals surface area contributed by atoms with Gasteiger partial charge in [-0.1, -0.05) is 23.2 Å². The van der Waals surface area contributed by atoms with Crippen LogP contribution in [0.3, 0.4) is 0 Å². The Morgan fingerprint density at radius 3 is 2.25 bits per heavy atom. The van der Waals surface area contributed by atoms with Gasteiger partial charge in [-0.05, 0) is 6.92 Å². The molecule has 0 aliphatic rings. The molecule has 0 N–H and O–H groups in total. The highest BCUT2D eigenvalue weighted by Crippen LogP contribution is 2.25. The molecule has 0 aliphatic carbocycles. The molecule has 0 fully saturated rings. The average molecular weight is 261 g/mol. The lowest BCUT2D eigenvalue weighted by Crippen LogP contribution is -1.97. The molecular weight excluding hydrogens is 254 g/mol. The number of aromatic nitrogens is 4. The fraction of sp³-hybridized carbons (Fsp3) is 0.222. The summed E-state index contributed by atoms with van der Waals surface area (Å²) in [7, 11) is 1.78. The summed E-state index contributed by atoms with van der Waals surface area (Å²) in [6.07, 6.45) is 1.58. The first-order valence-electron chi connectivity index (χ1n) is 4.38. The molecule has 0 saturated heterocycles. The van der Waals surface area contributed by atoms with E-state index in [1.54, 1.807) is 17.9 Å². The highest BCUT2D eigenvalue weighted by molar-refractivity contribution is 6.33. The molecule has 2 heterocycles. The fourth-order valence-electron chi connectivity index (χ4n) is 1.23. The van der Waals surface area contributed by atoms with Crippen LogP contribution < -0.4 is 0 Å². The van der Waals surface area contributed by atoms with Gasteiger partial charge in [0.15, 0.2) is 21.9 Å². The van der Waals surface area contributed by atoms with E-state index in [2.05, 4.69) is 15.1 Å². The van der Waals surface area contributed by atoms with Gasteiger partial charge < -0.3 is 0 Å². The van der Waals surface area contributed by atoms with Crippen molar-refractivity contribution >= 4 is 23.2 Å². The standard InChI is InChI=1S/C9H7Cl2FN4/c1-4-5(3-13-16(4)2)9-14-7(10)6(12)8(11)15-9/h3H,1-2H3. The molecule has 0 bridgehead atoms. The van der Waals surface area contributed by atoms with E-state index in [-0.39, 0.29) is 16.1 Å². The Morgan fingerprint density at radius 1 is 1.25 bits per heavy atom. The molecule has 16 heavy (non-hydrogen) atoms. The molecule has 7 heteroatoms. The molecule has 0 aromatic carbocycles. The summed E-state index contributed by atoms with van der Waals surface area (Å²) in [5, 5.41) is 3.44. The van der Waals surface area contributed by atoms with Crippen LogP contribution in [0.15, 0.2) is 6.20 Å². The molecule has 0 saturated carbocycles. The maximum Gasteiger partial charge on any atom is 0.197 e. The van der Waals surface area contributed by atoms with E-state index < -0.39 is 5.82 Å². The van der Waals surface area contributed by atoms with Crippen molar-refractivity contribution in [1.82, 2.24) is 19.7 Å². The Balaban J connectivity index is 2.61. The minimum atomic E-state index is -0.811. The Bertz CT molecular complexity index is 529. The minimum Gasteiger partial charge on any atom is -0.272 e. The second kappa shape index (κ2) is 3.99. The monoisotopic (exact) mass is 260 g/mol. The summed E-state index contributed by atoms with van der Waals surface area (Å²) in [6, 6.07) is 0. The van der Waals surface area contributed by atoms with E-state index in [9.17, 15) is 4.39 Å². The number of halogens is 3. The Kier molecular flexibility index (Phi) is 2.82. The van der Waals surface area contributed by atoms with E-state index in [1.807, 2.05) is 6.92 Å². The minimum absolute atomic E-state index is 0.266. The van der Waals surface area contributed by atoms with Crippen molar-refractivity contribution < 1.29 is 4.39 Å². The molecule has 84 valence electrons. The molecule has 2 aromatic heterocycles. The molecular formula is C9H7Cl2FN4. The van der Waals surface area contributed by atoms with Gasteiger partial charge >= 0.3 is 0 Å². The summed E-state index contributed by atoms with van der Waals surface area (Å²) in [5.41, 5.74) is 1.52. The smallest absolute Gasteiger partial charge is 0.197 e. The zero-order chi connectivity index (χ0) is 11.9. The maximum absolute atomic E-state index is 13.1. The molecule has 0 spiro atoms. The molecule has 0 amide bonds. The predicted octanol–water partition coefficient (Wildman–Crippen LogP) is 2.63. The second-order valence-electron chi connectivity index (χ2n) is 3.21. The lowest BCUT2D eigenvalue weighted by molar-refractivity contribution is 0.615. The maximum atomic E-state index is 13.1. The highest BCUT2D eigenvalue weighted by atomic mass is 35.5. The van der Waals surface area contributed by atoms with Crippen LogP contribution in [0.25, 0.3) is 11.4 Å². The van der Waals surface area contributed by atoms with Gasteiger partial charge in [0, 0.05) is 12.7 Å². The highest BCUT2D eigenvalue weighted by Gasteiger charge is 2.15. The first-order valence-corrected chi connectivity index (χ1v) is 5.13. The van der Waals surface area contributed by atoms with E-state index >= 15 is 0 Å². The van der Waals surface area contributed by atoms with Gasteiger partial charge in [-0.3, -0.25) is 4.68 Å². The summed E-state index contributed by atoms with van der Waals surface area (Å²) >= 11 is 11.2. The predicted molar refractivity (Wildman–Crippen MR) is 58.9 cm³/mol. The SMILES string of the molecule is Cc1c(-c2nc(Cl)c(F)c(Cl)n2)cnn1C. The van der Waals surface area contributed by atoms with E-state index in [1.165, 1.54) is 0 Å². The third-order valence-corrected chi connectivity index (χ3v) is 2.75. The topological polar surface area (TPSA) is 43.6 Å². The summed E-state index contributed by atoms with van der Waals surface area (Å²) in [6.45, 7) is 1.84. The molecule has 2 rings (SSSR count). The normalized spacial score (nSPS) is 10.8. The Labute approximate surface area is 101 Å². The van der Waals surface area contributed by atoms with Gasteiger partial charge in [0.25, 0.3) is 0 Å². The van der Waals surface area contributed by atoms with E-state index in [0.29, 0.717) is 5.56 Å². The largest absolute Gasteiger partial charge is 0.272 e. The molecule has 0 aliphatic heterocycles. The summed E-state index contributed by atoms with van der Waals surface area (Å²) in [4.78, 5) is 7.64. The first-order chi connectivity index (χ1) is 7.50. The molecule has 0 atom stereocenters. The van der Waals surface area contributed by atoms with Crippen molar-refractivity contribution in [3.8, 4) is 11.4 Å². The van der Waals surface area contributed by atoms with Crippen molar-refractivity contribution in [3.63, 3.8) is 0 Å². The average Bonchev–Trinajstić information content (AvgIpc) is 2.56. The van der Waals surface area contributed by atoms with E-state index in [0.717, 1.165) is 5.69 Å². The van der Waals surface area contributed by atoms with E-state index in [4.69, 9.17) is 23.2 Å². The Morgan fingerprint density at radius 2 is 1.81 bits per heavy atom. The van der Waals surface area contributed by atoms with Crippen LogP contribution >= 0.6 is 23.2 Å². The van der Waals surface area contributed by atoms with Gasteiger partial charge in [-0.25, -0.2) is 14.4 Å². The number of hydrogen-bond acceptors (Lipinski definition) is 3. The van der Waals surface area contributed by atoms with Gasteiger partial charge in [-0.15, -0.1) is 0 Å². The number of nitrogens with zero attached hydrogens (tertiary/aromatic N) is 4. The molecule has 4 nitrogen and oxygen atoms in total. The first kappa shape index (κ1) is 11.3. The zero-order valence-corrected chi connectivity index (χ0v) is 10.0. The van der Waals surface area contributed by atoms with Gasteiger partial charge in [0.05, 0.1) is 11.8 Å². The fourth-order valence-corrected chi connectivity index (χ4v) is 1.62. The van der Waals surface area contributed by atoms with Crippen LogP contribution in [0.2, 0.25) is 10.3 Å². The quantitative estimate of drug-likeness (QED) is 0.741.